The first kappa shape index (κ1) is 27.1. The van der Waals surface area contributed by atoms with Gasteiger partial charge in [-0.15, -0.1) is 0 Å². The number of nitrogens with zero attached hydrogens (tertiary/aromatic N) is 1. The van der Waals surface area contributed by atoms with Crippen LogP contribution in [0.25, 0.3) is 0 Å². The molecule has 1 heterocycles. The summed E-state index contributed by atoms with van der Waals surface area (Å²) in [5.41, 5.74) is 3.50. The monoisotopic (exact) mass is 515 g/mol. The van der Waals surface area contributed by atoms with E-state index in [9.17, 15) is 4.79 Å². The van der Waals surface area contributed by atoms with Gasteiger partial charge in [0, 0.05) is 18.5 Å². The molecule has 0 aliphatic carbocycles. The molecule has 3 aromatic rings. The second-order valence-corrected chi connectivity index (χ2v) is 8.98. The van der Waals surface area contributed by atoms with E-state index in [1.54, 1.807) is 19.2 Å². The van der Waals surface area contributed by atoms with Gasteiger partial charge in [0.1, 0.15) is 17.6 Å². The molecule has 2 atom stereocenters. The van der Waals surface area contributed by atoms with Gasteiger partial charge in [0.05, 0.1) is 57.8 Å². The zero-order valence-corrected chi connectivity index (χ0v) is 21.5. The van der Waals surface area contributed by atoms with Crippen molar-refractivity contribution in [1.82, 2.24) is 10.6 Å². The maximum absolute atomic E-state index is 11.7. The molecule has 3 aromatic carbocycles. The van der Waals surface area contributed by atoms with Crippen LogP contribution < -0.4 is 20.1 Å². The Morgan fingerprint density at radius 2 is 1.74 bits per heavy atom. The summed E-state index contributed by atoms with van der Waals surface area (Å²) in [7, 11) is 1.66. The van der Waals surface area contributed by atoms with Crippen LogP contribution in [0.15, 0.2) is 72.8 Å². The van der Waals surface area contributed by atoms with Gasteiger partial charge in [0.2, 0.25) is 5.91 Å². The number of nitriles is 1. The summed E-state index contributed by atoms with van der Waals surface area (Å²) in [5.74, 6) is 1.56. The van der Waals surface area contributed by atoms with Crippen LogP contribution in [0.4, 0.5) is 0 Å². The molecule has 2 N–H and O–H groups in total. The van der Waals surface area contributed by atoms with E-state index in [2.05, 4.69) is 16.7 Å². The lowest BCUT2D eigenvalue weighted by Crippen LogP contribution is -2.54. The van der Waals surface area contributed by atoms with E-state index in [1.165, 1.54) is 0 Å². The summed E-state index contributed by atoms with van der Waals surface area (Å²) in [4.78, 5) is 11.7. The molecule has 0 aromatic heterocycles. The van der Waals surface area contributed by atoms with Crippen LogP contribution in [-0.4, -0.2) is 52.0 Å². The van der Waals surface area contributed by atoms with E-state index >= 15 is 0 Å². The highest BCUT2D eigenvalue weighted by molar-refractivity contribution is 5.79. The predicted molar refractivity (Wildman–Crippen MR) is 143 cm³/mol. The van der Waals surface area contributed by atoms with Crippen molar-refractivity contribution in [2.75, 3.05) is 40.0 Å². The van der Waals surface area contributed by atoms with Crippen molar-refractivity contribution in [3.8, 4) is 17.6 Å². The summed E-state index contributed by atoms with van der Waals surface area (Å²) >= 11 is 0. The minimum atomic E-state index is -0.348. The topological polar surface area (TPSA) is 102 Å². The Morgan fingerprint density at radius 1 is 1.00 bits per heavy atom. The SMILES string of the molecule is COc1ccccc1COCCCOc1ccc(C(OCC2CNCC(=O)N2)c2ccc(C#N)cc2)cc1. The van der Waals surface area contributed by atoms with Crippen LogP contribution in [0.1, 0.15) is 34.8 Å². The van der Waals surface area contributed by atoms with Crippen LogP contribution in [0.5, 0.6) is 11.5 Å². The Balaban J connectivity index is 1.30. The molecule has 1 aliphatic heterocycles. The molecule has 1 saturated heterocycles. The van der Waals surface area contributed by atoms with E-state index in [4.69, 9.17) is 24.2 Å². The number of methoxy groups -OCH3 is 1. The van der Waals surface area contributed by atoms with Crippen molar-refractivity contribution in [2.24, 2.45) is 0 Å². The number of benzene rings is 3. The zero-order valence-electron chi connectivity index (χ0n) is 21.5. The molecule has 198 valence electrons. The first-order valence-electron chi connectivity index (χ1n) is 12.7. The fraction of sp³-hybridized carbons (Fsp3) is 0.333. The van der Waals surface area contributed by atoms with Gasteiger partial charge in [-0.3, -0.25) is 4.79 Å². The molecule has 4 rings (SSSR count). The van der Waals surface area contributed by atoms with Crippen molar-refractivity contribution >= 4 is 5.91 Å². The third kappa shape index (κ3) is 7.80. The highest BCUT2D eigenvalue weighted by Crippen LogP contribution is 2.28. The summed E-state index contributed by atoms with van der Waals surface area (Å²) in [6, 6.07) is 25.0. The van der Waals surface area contributed by atoms with Crippen molar-refractivity contribution in [3.05, 3.63) is 95.1 Å². The Hall–Kier alpha value is -3.90. The average molecular weight is 516 g/mol. The number of carbonyl (C=O) groups is 1. The van der Waals surface area contributed by atoms with Crippen LogP contribution in [0.2, 0.25) is 0 Å². The van der Waals surface area contributed by atoms with Crippen molar-refractivity contribution in [2.45, 2.75) is 25.2 Å². The maximum atomic E-state index is 11.7. The fourth-order valence-corrected chi connectivity index (χ4v) is 4.21. The average Bonchev–Trinajstić information content (AvgIpc) is 2.96. The lowest BCUT2D eigenvalue weighted by molar-refractivity contribution is -0.122. The summed E-state index contributed by atoms with van der Waals surface area (Å²) < 4.78 is 23.3. The molecular weight excluding hydrogens is 482 g/mol. The largest absolute Gasteiger partial charge is 0.496 e. The van der Waals surface area contributed by atoms with E-state index in [0.29, 0.717) is 45.1 Å². The molecule has 0 bridgehead atoms. The maximum Gasteiger partial charge on any atom is 0.234 e. The van der Waals surface area contributed by atoms with Gasteiger partial charge in [-0.05, 0) is 41.5 Å². The van der Waals surface area contributed by atoms with Crippen molar-refractivity contribution < 1.29 is 23.7 Å². The fourth-order valence-electron chi connectivity index (χ4n) is 4.21. The first-order chi connectivity index (χ1) is 18.7. The van der Waals surface area contributed by atoms with Crippen LogP contribution in [-0.2, 0) is 20.9 Å². The minimum absolute atomic E-state index is 0.0357. The minimum Gasteiger partial charge on any atom is -0.496 e. The lowest BCUT2D eigenvalue weighted by atomic mass is 10.00. The Labute approximate surface area is 223 Å². The molecule has 0 radical (unpaired) electrons. The zero-order chi connectivity index (χ0) is 26.6. The van der Waals surface area contributed by atoms with E-state index in [0.717, 1.165) is 34.6 Å². The normalized spacial score (nSPS) is 15.8. The predicted octanol–water partition coefficient (Wildman–Crippen LogP) is 3.75. The molecule has 8 heteroatoms. The van der Waals surface area contributed by atoms with E-state index < -0.39 is 0 Å². The number of hydrogen-bond acceptors (Lipinski definition) is 7. The van der Waals surface area contributed by atoms with Crippen LogP contribution in [0, 0.1) is 11.3 Å². The van der Waals surface area contributed by atoms with Gasteiger partial charge < -0.3 is 29.6 Å². The smallest absolute Gasteiger partial charge is 0.234 e. The quantitative estimate of drug-likeness (QED) is 0.334. The number of nitrogens with one attached hydrogen (secondary N) is 2. The van der Waals surface area contributed by atoms with E-state index in [1.807, 2.05) is 60.7 Å². The lowest BCUT2D eigenvalue weighted by Gasteiger charge is -2.27. The molecule has 1 amide bonds. The number of carbonyl (C=O) groups excluding carboxylic acids is 1. The third-order valence-electron chi connectivity index (χ3n) is 6.18. The van der Waals surface area contributed by atoms with Gasteiger partial charge in [-0.2, -0.15) is 5.26 Å². The number of rotatable bonds is 13. The van der Waals surface area contributed by atoms with Gasteiger partial charge in [0.25, 0.3) is 0 Å². The van der Waals surface area contributed by atoms with Gasteiger partial charge in [-0.25, -0.2) is 0 Å². The van der Waals surface area contributed by atoms with Crippen molar-refractivity contribution in [1.29, 1.82) is 5.26 Å². The molecule has 8 nitrogen and oxygen atoms in total. The number of piperazine rings is 1. The Bertz CT molecular complexity index is 1210. The number of amides is 1. The molecule has 0 spiro atoms. The van der Waals surface area contributed by atoms with E-state index in [-0.39, 0.29) is 18.1 Å². The van der Waals surface area contributed by atoms with Gasteiger partial charge in [0.15, 0.2) is 0 Å². The molecule has 1 aliphatic rings. The molecule has 2 unspecified atom stereocenters. The molecule has 1 fully saturated rings. The second kappa shape index (κ2) is 14.1. The van der Waals surface area contributed by atoms with Crippen molar-refractivity contribution in [3.63, 3.8) is 0 Å². The molecular formula is C30H33N3O5. The molecule has 0 saturated carbocycles. The standard InChI is InChI=1S/C30H33N3O5/c1-35-28-6-3-2-5-25(28)20-36-15-4-16-37-27-13-11-24(12-14-27)30(23-9-7-22(17-31)8-10-23)38-21-26-18-32-19-29(34)33-26/h2-3,5-14,26,30,32H,4,15-16,18-21H2,1H3,(H,33,34). The van der Waals surface area contributed by atoms with Crippen LogP contribution in [0.3, 0.4) is 0 Å². The van der Waals surface area contributed by atoms with Crippen LogP contribution >= 0.6 is 0 Å². The second-order valence-electron chi connectivity index (χ2n) is 8.98. The summed E-state index contributed by atoms with van der Waals surface area (Å²) in [6.45, 7) is 2.95. The summed E-state index contributed by atoms with van der Waals surface area (Å²) in [5, 5.41) is 15.2. The highest BCUT2D eigenvalue weighted by atomic mass is 16.5. The number of ether oxygens (including phenoxy) is 4. The Morgan fingerprint density at radius 3 is 2.45 bits per heavy atom. The summed E-state index contributed by atoms with van der Waals surface area (Å²) in [6.07, 6.45) is 0.411. The Kier molecular flexibility index (Phi) is 10.1. The number of para-hydroxylation sites is 1. The van der Waals surface area contributed by atoms with Gasteiger partial charge >= 0.3 is 0 Å². The first-order valence-corrected chi connectivity index (χ1v) is 12.7. The van der Waals surface area contributed by atoms with Gasteiger partial charge in [-0.1, -0.05) is 42.5 Å². The highest BCUT2D eigenvalue weighted by Gasteiger charge is 2.21. The third-order valence-corrected chi connectivity index (χ3v) is 6.18. The molecule has 38 heavy (non-hydrogen) atoms. The number of hydrogen-bond donors (Lipinski definition) is 2.